The number of benzene rings is 1. The lowest BCUT2D eigenvalue weighted by molar-refractivity contribution is 0.0943. The monoisotopic (exact) mass is 262 g/mol. The van der Waals surface area contributed by atoms with Crippen molar-refractivity contribution in [1.29, 1.82) is 0 Å². The van der Waals surface area contributed by atoms with Crippen LogP contribution in [0.3, 0.4) is 0 Å². The fraction of sp³-hybridized carbons (Fsp3) is 0.562. The van der Waals surface area contributed by atoms with Crippen molar-refractivity contribution in [2.24, 2.45) is 0 Å². The molecular formula is C16H26N2O. The van der Waals surface area contributed by atoms with Gasteiger partial charge in [0.05, 0.1) is 0 Å². The third-order valence-corrected chi connectivity index (χ3v) is 3.07. The summed E-state index contributed by atoms with van der Waals surface area (Å²) in [6, 6.07) is 8.39. The Kier molecular flexibility index (Phi) is 6.40. The minimum Gasteiger partial charge on any atom is -0.382 e. The summed E-state index contributed by atoms with van der Waals surface area (Å²) in [5.74, 6) is -0.0119. The van der Waals surface area contributed by atoms with E-state index in [9.17, 15) is 4.79 Å². The van der Waals surface area contributed by atoms with Crippen molar-refractivity contribution in [3.63, 3.8) is 0 Å². The highest BCUT2D eigenvalue weighted by atomic mass is 16.1. The van der Waals surface area contributed by atoms with Crippen molar-refractivity contribution in [2.45, 2.75) is 59.0 Å². The molecule has 0 aliphatic heterocycles. The van der Waals surface area contributed by atoms with E-state index in [2.05, 4.69) is 24.5 Å². The summed E-state index contributed by atoms with van der Waals surface area (Å²) in [6.45, 7) is 8.32. The molecule has 106 valence electrons. The predicted octanol–water partition coefficient (Wildman–Crippen LogP) is 3.82. The van der Waals surface area contributed by atoms with Gasteiger partial charge in [-0.1, -0.05) is 20.3 Å². The summed E-state index contributed by atoms with van der Waals surface area (Å²) in [5, 5.41) is 6.40. The lowest BCUT2D eigenvalue weighted by Crippen LogP contribution is -2.30. The molecular weight excluding hydrogens is 236 g/mol. The van der Waals surface area contributed by atoms with E-state index in [0.29, 0.717) is 11.6 Å². The minimum absolute atomic E-state index is 0.0119. The Morgan fingerprint density at radius 1 is 1.16 bits per heavy atom. The molecule has 1 aromatic rings. The maximum Gasteiger partial charge on any atom is 0.251 e. The summed E-state index contributed by atoms with van der Waals surface area (Å²) in [6.07, 6.45) is 3.47. The largest absolute Gasteiger partial charge is 0.382 e. The van der Waals surface area contributed by atoms with E-state index in [4.69, 9.17) is 0 Å². The number of hydrogen-bond donors (Lipinski definition) is 2. The summed E-state index contributed by atoms with van der Waals surface area (Å²) in [4.78, 5) is 11.8. The van der Waals surface area contributed by atoms with Crippen LogP contribution in [0.25, 0.3) is 0 Å². The van der Waals surface area contributed by atoms with Gasteiger partial charge < -0.3 is 10.6 Å². The van der Waals surface area contributed by atoms with Gasteiger partial charge in [-0.3, -0.25) is 4.79 Å². The van der Waals surface area contributed by atoms with Crippen molar-refractivity contribution in [2.75, 3.05) is 5.32 Å². The molecule has 0 aliphatic carbocycles. The number of carbonyl (C=O) groups excluding carboxylic acids is 1. The van der Waals surface area contributed by atoms with E-state index < -0.39 is 0 Å². The molecule has 0 aliphatic rings. The van der Waals surface area contributed by atoms with Crippen LogP contribution in [0.4, 0.5) is 5.69 Å². The third-order valence-electron chi connectivity index (χ3n) is 3.07. The lowest BCUT2D eigenvalue weighted by atomic mass is 10.1. The number of hydrogen-bond acceptors (Lipinski definition) is 2. The Labute approximate surface area is 116 Å². The zero-order valence-electron chi connectivity index (χ0n) is 12.5. The molecule has 19 heavy (non-hydrogen) atoms. The standard InChI is InChI=1S/C16H26N2O/c1-5-7-14(6-2)18-15-10-8-13(9-11-15)16(19)17-12(3)4/h8-12,14,18H,5-7H2,1-4H3,(H,17,19). The van der Waals surface area contributed by atoms with Crippen LogP contribution in [-0.4, -0.2) is 18.0 Å². The van der Waals surface area contributed by atoms with E-state index in [1.165, 1.54) is 12.8 Å². The first kappa shape index (κ1) is 15.5. The van der Waals surface area contributed by atoms with Crippen LogP contribution >= 0.6 is 0 Å². The van der Waals surface area contributed by atoms with Gasteiger partial charge in [-0.15, -0.1) is 0 Å². The average Bonchev–Trinajstić information content (AvgIpc) is 2.38. The van der Waals surface area contributed by atoms with Gasteiger partial charge in [-0.05, 0) is 51.0 Å². The van der Waals surface area contributed by atoms with Crippen molar-refractivity contribution in [3.05, 3.63) is 29.8 Å². The highest BCUT2D eigenvalue weighted by Gasteiger charge is 2.08. The molecule has 1 aromatic carbocycles. The van der Waals surface area contributed by atoms with Crippen LogP contribution in [-0.2, 0) is 0 Å². The van der Waals surface area contributed by atoms with Crippen LogP contribution in [0.15, 0.2) is 24.3 Å². The maximum absolute atomic E-state index is 11.8. The van der Waals surface area contributed by atoms with Gasteiger partial charge in [0.25, 0.3) is 5.91 Å². The molecule has 0 heterocycles. The molecule has 0 saturated carbocycles. The Morgan fingerprint density at radius 2 is 1.79 bits per heavy atom. The molecule has 0 fully saturated rings. The van der Waals surface area contributed by atoms with Gasteiger partial charge in [0.2, 0.25) is 0 Å². The van der Waals surface area contributed by atoms with Crippen LogP contribution in [0.1, 0.15) is 57.3 Å². The smallest absolute Gasteiger partial charge is 0.251 e. The molecule has 3 nitrogen and oxygen atoms in total. The summed E-state index contributed by atoms with van der Waals surface area (Å²) >= 11 is 0. The quantitative estimate of drug-likeness (QED) is 0.784. The number of anilines is 1. The average molecular weight is 262 g/mol. The van der Waals surface area contributed by atoms with Crippen LogP contribution in [0.5, 0.6) is 0 Å². The summed E-state index contributed by atoms with van der Waals surface area (Å²) in [7, 11) is 0. The Morgan fingerprint density at radius 3 is 2.26 bits per heavy atom. The molecule has 2 N–H and O–H groups in total. The van der Waals surface area contributed by atoms with Crippen LogP contribution in [0.2, 0.25) is 0 Å². The van der Waals surface area contributed by atoms with Gasteiger partial charge in [-0.25, -0.2) is 0 Å². The molecule has 1 rings (SSSR count). The Hall–Kier alpha value is -1.51. The van der Waals surface area contributed by atoms with Gasteiger partial charge in [0, 0.05) is 23.3 Å². The van der Waals surface area contributed by atoms with Crippen molar-refractivity contribution in [3.8, 4) is 0 Å². The predicted molar refractivity (Wildman–Crippen MR) is 81.7 cm³/mol. The molecule has 3 heteroatoms. The van der Waals surface area contributed by atoms with E-state index in [-0.39, 0.29) is 11.9 Å². The molecule has 0 bridgehead atoms. The third kappa shape index (κ3) is 5.33. The molecule has 0 radical (unpaired) electrons. The van der Waals surface area contributed by atoms with Crippen molar-refractivity contribution < 1.29 is 4.79 Å². The molecule has 1 amide bonds. The number of amides is 1. The van der Waals surface area contributed by atoms with E-state index in [1.54, 1.807) is 0 Å². The fourth-order valence-electron chi connectivity index (χ4n) is 2.03. The summed E-state index contributed by atoms with van der Waals surface area (Å²) in [5.41, 5.74) is 1.80. The second-order valence-corrected chi connectivity index (χ2v) is 5.24. The SMILES string of the molecule is CCCC(CC)Nc1ccc(C(=O)NC(C)C)cc1. The van der Waals surface area contributed by atoms with Crippen LogP contribution in [0, 0.1) is 0 Å². The van der Waals surface area contributed by atoms with Gasteiger partial charge >= 0.3 is 0 Å². The van der Waals surface area contributed by atoms with Crippen molar-refractivity contribution in [1.82, 2.24) is 5.32 Å². The molecule has 0 spiro atoms. The lowest BCUT2D eigenvalue weighted by Gasteiger charge is -2.17. The highest BCUT2D eigenvalue weighted by Crippen LogP contribution is 2.14. The van der Waals surface area contributed by atoms with Gasteiger partial charge in [0.15, 0.2) is 0 Å². The fourth-order valence-corrected chi connectivity index (χ4v) is 2.03. The molecule has 0 aromatic heterocycles. The molecule has 1 atom stereocenters. The van der Waals surface area contributed by atoms with E-state index >= 15 is 0 Å². The van der Waals surface area contributed by atoms with Crippen molar-refractivity contribution >= 4 is 11.6 Å². The molecule has 0 saturated heterocycles. The second-order valence-electron chi connectivity index (χ2n) is 5.24. The van der Waals surface area contributed by atoms with E-state index in [0.717, 1.165) is 12.1 Å². The van der Waals surface area contributed by atoms with Gasteiger partial charge in [-0.2, -0.15) is 0 Å². The minimum atomic E-state index is -0.0119. The first-order chi connectivity index (χ1) is 9.06. The molecule has 1 unspecified atom stereocenters. The summed E-state index contributed by atoms with van der Waals surface area (Å²) < 4.78 is 0. The number of carbonyl (C=O) groups is 1. The Bertz CT molecular complexity index is 384. The second kappa shape index (κ2) is 7.82. The Balaban J connectivity index is 2.63. The maximum atomic E-state index is 11.8. The first-order valence-electron chi connectivity index (χ1n) is 7.24. The normalized spacial score (nSPS) is 12.3. The zero-order valence-corrected chi connectivity index (χ0v) is 12.5. The number of nitrogens with one attached hydrogen (secondary N) is 2. The zero-order chi connectivity index (χ0) is 14.3. The number of rotatable bonds is 7. The highest BCUT2D eigenvalue weighted by molar-refractivity contribution is 5.94. The first-order valence-corrected chi connectivity index (χ1v) is 7.24. The topological polar surface area (TPSA) is 41.1 Å². The van der Waals surface area contributed by atoms with E-state index in [1.807, 2.05) is 38.1 Å². The van der Waals surface area contributed by atoms with Crippen LogP contribution < -0.4 is 10.6 Å². The van der Waals surface area contributed by atoms with Gasteiger partial charge in [0.1, 0.15) is 0 Å².